The molecule has 0 bridgehead atoms. The van der Waals surface area contributed by atoms with E-state index < -0.39 is 23.7 Å². The first kappa shape index (κ1) is 25.4. The Hall–Kier alpha value is -2.20. The van der Waals surface area contributed by atoms with Crippen LogP contribution in [0.25, 0.3) is 5.57 Å². The summed E-state index contributed by atoms with van der Waals surface area (Å²) in [4.78, 5) is 13.2. The van der Waals surface area contributed by atoms with E-state index in [0.29, 0.717) is 27.7 Å². The normalized spacial score (nSPS) is 15.5. The van der Waals surface area contributed by atoms with Crippen LogP contribution >= 0.6 is 35.4 Å². The number of carbonyl (C=O) groups is 1. The van der Waals surface area contributed by atoms with Crippen molar-refractivity contribution >= 4 is 51.8 Å². The third kappa shape index (κ3) is 5.66. The van der Waals surface area contributed by atoms with Gasteiger partial charge >= 0.3 is 6.18 Å². The van der Waals surface area contributed by atoms with E-state index in [9.17, 15) is 18.0 Å². The highest BCUT2D eigenvalue weighted by Crippen LogP contribution is 2.36. The summed E-state index contributed by atoms with van der Waals surface area (Å²) in [5.41, 5.74) is 6.48. The van der Waals surface area contributed by atoms with Gasteiger partial charge in [-0.1, -0.05) is 53.6 Å². The van der Waals surface area contributed by atoms with Gasteiger partial charge in [-0.05, 0) is 31.1 Å². The fourth-order valence-corrected chi connectivity index (χ4v) is 4.44. The Bertz CT molecular complexity index is 1140. The summed E-state index contributed by atoms with van der Waals surface area (Å²) in [6.45, 7) is 2.41. The molecule has 0 saturated carbocycles. The van der Waals surface area contributed by atoms with Crippen molar-refractivity contribution in [2.45, 2.75) is 38.5 Å². The molecule has 3 N–H and O–H groups in total. The number of alkyl halides is 3. The number of hydrogen-bond acceptors (Lipinski definition) is 4. The minimum Gasteiger partial charge on any atom is -0.348 e. The molecular weight excluding hydrogens is 496 g/mol. The lowest BCUT2D eigenvalue weighted by atomic mass is 9.94. The summed E-state index contributed by atoms with van der Waals surface area (Å²) in [5.74, 6) is -0.549. The first-order valence-corrected chi connectivity index (χ1v) is 11.2. The predicted molar refractivity (Wildman–Crippen MR) is 127 cm³/mol. The van der Waals surface area contributed by atoms with E-state index in [2.05, 4.69) is 10.4 Å². The van der Waals surface area contributed by atoms with Crippen molar-refractivity contribution in [2.24, 2.45) is 5.73 Å². The number of amides is 1. The summed E-state index contributed by atoms with van der Waals surface area (Å²) in [5, 5.41) is 7.59. The highest BCUT2D eigenvalue weighted by Gasteiger charge is 2.34. The molecule has 5 nitrogen and oxygen atoms in total. The Kier molecular flexibility index (Phi) is 8.00. The van der Waals surface area contributed by atoms with E-state index in [4.69, 9.17) is 41.2 Å². The molecule has 1 atom stereocenters. The number of hydrogen-bond donors (Lipinski definition) is 2. The van der Waals surface area contributed by atoms with E-state index in [1.807, 2.05) is 6.92 Å². The van der Waals surface area contributed by atoms with E-state index in [1.54, 1.807) is 4.68 Å². The molecule has 0 saturated heterocycles. The maximum Gasteiger partial charge on any atom is 0.416 e. The van der Waals surface area contributed by atoms with Crippen LogP contribution < -0.4 is 11.1 Å². The lowest BCUT2D eigenvalue weighted by Gasteiger charge is -2.23. The minimum absolute atomic E-state index is 0.0450. The minimum atomic E-state index is -4.51. The number of nitrogens with one attached hydrogen (secondary N) is 1. The molecule has 3 rings (SSSR count). The molecule has 1 heterocycles. The molecule has 1 aliphatic rings. The quantitative estimate of drug-likeness (QED) is 0.512. The Morgan fingerprint density at radius 1 is 1.33 bits per heavy atom. The Labute approximate surface area is 204 Å². The summed E-state index contributed by atoms with van der Waals surface area (Å²) >= 11 is 18.2. The number of nitrogens with zero attached hydrogens (tertiary/aromatic N) is 2. The van der Waals surface area contributed by atoms with Crippen molar-refractivity contribution in [2.75, 3.05) is 6.54 Å². The highest BCUT2D eigenvalue weighted by atomic mass is 35.5. The first-order chi connectivity index (χ1) is 15.6. The van der Waals surface area contributed by atoms with Gasteiger partial charge in [0.15, 0.2) is 0 Å². The van der Waals surface area contributed by atoms with Crippen molar-refractivity contribution < 1.29 is 18.0 Å². The van der Waals surface area contributed by atoms with E-state index in [-0.39, 0.29) is 35.6 Å². The second-order valence-corrected chi connectivity index (χ2v) is 8.71. The zero-order valence-corrected chi connectivity index (χ0v) is 19.9. The number of halogens is 5. The van der Waals surface area contributed by atoms with Crippen LogP contribution in [0, 0.1) is 0 Å². The van der Waals surface area contributed by atoms with Crippen LogP contribution in [0.1, 0.15) is 30.2 Å². The van der Waals surface area contributed by atoms with E-state index in [0.717, 1.165) is 6.07 Å². The summed E-state index contributed by atoms with van der Waals surface area (Å²) in [6.07, 6.45) is -1.44. The van der Waals surface area contributed by atoms with Crippen LogP contribution in [-0.2, 0) is 23.9 Å². The van der Waals surface area contributed by atoms with E-state index >= 15 is 0 Å². The standard InChI is InChI=1S/C22H21Cl2F3N4OS/c1-2-31-20(18(24)11-29-31)14-9-19(33)15(8-17(14)23)21(32)30-13(10-28)7-12-5-3-4-6-16(12)22(25,26)27/h3-6,8,11,13H,2,7,9-10,28H2,1H3,(H,30,32)/t13-/m0/s1. The lowest BCUT2D eigenvalue weighted by molar-refractivity contribution is -0.138. The van der Waals surface area contributed by atoms with Gasteiger partial charge < -0.3 is 11.1 Å². The molecule has 1 amide bonds. The van der Waals surface area contributed by atoms with Gasteiger partial charge in [-0.25, -0.2) is 0 Å². The molecule has 176 valence electrons. The number of allylic oxidation sites excluding steroid dienone is 3. The number of nitrogens with two attached hydrogens (primary N) is 1. The SMILES string of the molecule is CCn1ncc(Cl)c1C1=C(Cl)C=C(C(=O)N[C@H](CN)Cc2ccccc2C(F)(F)F)C(=S)C1. The smallest absolute Gasteiger partial charge is 0.348 e. The molecule has 0 spiro atoms. The van der Waals surface area contributed by atoms with Gasteiger partial charge in [-0.3, -0.25) is 9.48 Å². The Balaban J connectivity index is 1.83. The zero-order valence-electron chi connectivity index (χ0n) is 17.5. The third-order valence-electron chi connectivity index (χ3n) is 5.23. The van der Waals surface area contributed by atoms with Gasteiger partial charge in [0.1, 0.15) is 0 Å². The fourth-order valence-electron chi connectivity index (χ4n) is 3.62. The van der Waals surface area contributed by atoms with Crippen LogP contribution in [0.5, 0.6) is 0 Å². The second-order valence-electron chi connectivity index (χ2n) is 7.41. The molecular formula is C22H21Cl2F3N4OS. The molecule has 1 aromatic carbocycles. The zero-order chi connectivity index (χ0) is 24.3. The average molecular weight is 517 g/mol. The first-order valence-electron chi connectivity index (χ1n) is 10.1. The molecule has 11 heteroatoms. The number of aromatic nitrogens is 2. The van der Waals surface area contributed by atoms with Crippen molar-refractivity contribution in [3.8, 4) is 0 Å². The largest absolute Gasteiger partial charge is 0.416 e. The number of aryl methyl sites for hydroxylation is 1. The van der Waals surface area contributed by atoms with Crippen molar-refractivity contribution in [1.82, 2.24) is 15.1 Å². The molecule has 0 aliphatic heterocycles. The van der Waals surface area contributed by atoms with Crippen LogP contribution in [0.3, 0.4) is 0 Å². The molecule has 0 radical (unpaired) electrons. The highest BCUT2D eigenvalue weighted by molar-refractivity contribution is 7.81. The number of benzene rings is 1. The van der Waals surface area contributed by atoms with Crippen molar-refractivity contribution in [3.05, 3.63) is 69.0 Å². The molecule has 1 aliphatic carbocycles. The Morgan fingerprint density at radius 3 is 2.67 bits per heavy atom. The van der Waals surface area contributed by atoms with Gasteiger partial charge in [0.25, 0.3) is 5.91 Å². The fraction of sp³-hybridized carbons (Fsp3) is 0.318. The third-order valence-corrected chi connectivity index (χ3v) is 6.21. The van der Waals surface area contributed by atoms with Crippen LogP contribution in [0.2, 0.25) is 5.02 Å². The van der Waals surface area contributed by atoms with Crippen LogP contribution in [0.4, 0.5) is 13.2 Å². The summed E-state index contributed by atoms with van der Waals surface area (Å²) in [6, 6.07) is 4.47. The molecule has 1 aromatic heterocycles. The molecule has 0 unspecified atom stereocenters. The number of rotatable bonds is 7. The molecule has 0 fully saturated rings. The number of carbonyl (C=O) groups excluding carboxylic acids is 1. The van der Waals surface area contributed by atoms with E-state index in [1.165, 1.54) is 30.5 Å². The maximum atomic E-state index is 13.3. The summed E-state index contributed by atoms with van der Waals surface area (Å²) in [7, 11) is 0. The van der Waals surface area contributed by atoms with Crippen LogP contribution in [0.15, 0.2) is 47.1 Å². The van der Waals surface area contributed by atoms with Crippen LogP contribution in [-0.4, -0.2) is 33.1 Å². The Morgan fingerprint density at radius 2 is 2.03 bits per heavy atom. The lowest BCUT2D eigenvalue weighted by Crippen LogP contribution is -2.43. The molecule has 2 aromatic rings. The van der Waals surface area contributed by atoms with Crippen molar-refractivity contribution in [1.29, 1.82) is 0 Å². The number of thiocarbonyl (C=S) groups is 1. The second kappa shape index (κ2) is 10.4. The monoisotopic (exact) mass is 516 g/mol. The maximum absolute atomic E-state index is 13.3. The van der Waals surface area contributed by atoms with Gasteiger partial charge in [0.2, 0.25) is 0 Å². The van der Waals surface area contributed by atoms with Gasteiger partial charge in [-0.15, -0.1) is 0 Å². The van der Waals surface area contributed by atoms with Gasteiger partial charge in [0.05, 0.1) is 28.0 Å². The predicted octanol–water partition coefficient (Wildman–Crippen LogP) is 4.91. The van der Waals surface area contributed by atoms with Gasteiger partial charge in [-0.2, -0.15) is 18.3 Å². The summed E-state index contributed by atoms with van der Waals surface area (Å²) < 4.78 is 41.6. The molecule has 33 heavy (non-hydrogen) atoms. The topological polar surface area (TPSA) is 72.9 Å². The average Bonchev–Trinajstić information content (AvgIpc) is 3.14. The van der Waals surface area contributed by atoms with Crippen molar-refractivity contribution in [3.63, 3.8) is 0 Å². The van der Waals surface area contributed by atoms with Gasteiger partial charge in [0, 0.05) is 41.0 Å².